The van der Waals surface area contributed by atoms with Gasteiger partial charge in [0.25, 0.3) is 0 Å². The number of rotatable bonds is 4. The Bertz CT molecular complexity index is 597. The first kappa shape index (κ1) is 13.4. The Kier molecular flexibility index (Phi) is 3.90. The van der Waals surface area contributed by atoms with Crippen molar-refractivity contribution in [1.82, 2.24) is 0 Å². The van der Waals surface area contributed by atoms with Gasteiger partial charge in [0.05, 0.1) is 0 Å². The van der Waals surface area contributed by atoms with Crippen LogP contribution in [0, 0.1) is 0 Å². The van der Waals surface area contributed by atoms with Crippen LogP contribution >= 0.6 is 0 Å². The zero-order chi connectivity index (χ0) is 13.8. The normalized spacial score (nSPS) is 21.4. The number of benzene rings is 2. The summed E-state index contributed by atoms with van der Waals surface area (Å²) >= 11 is 0.428. The SMILES string of the molecule is CC1(C[Se]c2ccccc2)CC(c2ccccc2)=NO1. The predicted molar refractivity (Wildman–Crippen MR) is 83.7 cm³/mol. The molecule has 1 aliphatic rings. The average molecular weight is 330 g/mol. The molecule has 0 fully saturated rings. The summed E-state index contributed by atoms with van der Waals surface area (Å²) in [7, 11) is 0. The molecular weight excluding hydrogens is 313 g/mol. The van der Waals surface area contributed by atoms with Crippen molar-refractivity contribution in [2.45, 2.75) is 24.3 Å². The Hall–Kier alpha value is -1.57. The van der Waals surface area contributed by atoms with Crippen molar-refractivity contribution in [3.63, 3.8) is 0 Å². The molecule has 102 valence electrons. The topological polar surface area (TPSA) is 21.6 Å². The second kappa shape index (κ2) is 5.82. The molecule has 0 aromatic heterocycles. The monoisotopic (exact) mass is 331 g/mol. The van der Waals surface area contributed by atoms with Gasteiger partial charge < -0.3 is 0 Å². The van der Waals surface area contributed by atoms with E-state index in [4.69, 9.17) is 4.84 Å². The summed E-state index contributed by atoms with van der Waals surface area (Å²) in [6, 6.07) is 20.9. The fraction of sp³-hybridized carbons (Fsp3) is 0.235. The van der Waals surface area contributed by atoms with E-state index >= 15 is 0 Å². The molecule has 0 radical (unpaired) electrons. The Balaban J connectivity index is 1.62. The molecule has 1 aliphatic heterocycles. The van der Waals surface area contributed by atoms with Crippen LogP contribution in [0.4, 0.5) is 0 Å². The van der Waals surface area contributed by atoms with Gasteiger partial charge in [-0.1, -0.05) is 0 Å². The average Bonchev–Trinajstić information content (AvgIpc) is 2.90. The quantitative estimate of drug-likeness (QED) is 0.790. The van der Waals surface area contributed by atoms with Gasteiger partial charge in [0, 0.05) is 0 Å². The summed E-state index contributed by atoms with van der Waals surface area (Å²) in [5.41, 5.74) is 2.08. The second-order valence-corrected chi connectivity index (χ2v) is 7.42. The van der Waals surface area contributed by atoms with Gasteiger partial charge in [-0.15, -0.1) is 0 Å². The fourth-order valence-electron chi connectivity index (χ4n) is 2.20. The first-order chi connectivity index (χ1) is 9.75. The van der Waals surface area contributed by atoms with Gasteiger partial charge in [0.15, 0.2) is 0 Å². The van der Waals surface area contributed by atoms with Gasteiger partial charge in [0.1, 0.15) is 0 Å². The first-order valence-electron chi connectivity index (χ1n) is 6.74. The molecule has 1 atom stereocenters. The van der Waals surface area contributed by atoms with Crippen molar-refractivity contribution < 1.29 is 4.84 Å². The van der Waals surface area contributed by atoms with Crippen molar-refractivity contribution in [3.05, 3.63) is 66.2 Å². The molecule has 2 aromatic carbocycles. The zero-order valence-electron chi connectivity index (χ0n) is 11.5. The zero-order valence-corrected chi connectivity index (χ0v) is 13.2. The van der Waals surface area contributed by atoms with E-state index in [1.807, 2.05) is 18.2 Å². The molecule has 2 nitrogen and oxygen atoms in total. The van der Waals surface area contributed by atoms with Crippen molar-refractivity contribution >= 4 is 25.1 Å². The van der Waals surface area contributed by atoms with E-state index in [1.54, 1.807) is 0 Å². The van der Waals surface area contributed by atoms with Gasteiger partial charge in [-0.2, -0.15) is 0 Å². The molecule has 0 saturated carbocycles. The Morgan fingerprint density at radius 3 is 2.40 bits per heavy atom. The molecule has 0 spiro atoms. The van der Waals surface area contributed by atoms with Gasteiger partial charge >= 0.3 is 126 Å². The summed E-state index contributed by atoms with van der Waals surface area (Å²) in [5, 5.41) is 5.34. The van der Waals surface area contributed by atoms with Crippen molar-refractivity contribution in [3.8, 4) is 0 Å². The van der Waals surface area contributed by atoms with Crippen LogP contribution < -0.4 is 4.46 Å². The molecule has 3 heteroatoms. The molecule has 1 heterocycles. The number of hydrogen-bond donors (Lipinski definition) is 0. The summed E-state index contributed by atoms with van der Waals surface area (Å²) < 4.78 is 1.41. The molecule has 3 rings (SSSR count). The van der Waals surface area contributed by atoms with Crippen LogP contribution in [-0.2, 0) is 4.84 Å². The van der Waals surface area contributed by atoms with Crippen molar-refractivity contribution in [2.75, 3.05) is 0 Å². The molecule has 0 amide bonds. The van der Waals surface area contributed by atoms with Crippen LogP contribution in [0.1, 0.15) is 18.9 Å². The summed E-state index contributed by atoms with van der Waals surface area (Å²) in [6.45, 7) is 2.16. The Morgan fingerprint density at radius 2 is 1.70 bits per heavy atom. The van der Waals surface area contributed by atoms with Crippen LogP contribution in [-0.4, -0.2) is 26.3 Å². The minimum atomic E-state index is -0.152. The third-order valence-corrected chi connectivity index (χ3v) is 6.17. The van der Waals surface area contributed by atoms with Crippen molar-refractivity contribution in [1.29, 1.82) is 0 Å². The summed E-state index contributed by atoms with van der Waals surface area (Å²) in [4.78, 5) is 5.73. The van der Waals surface area contributed by atoms with Gasteiger partial charge in [0.2, 0.25) is 0 Å². The number of hydrogen-bond acceptors (Lipinski definition) is 2. The molecular formula is C17H17NOSe. The van der Waals surface area contributed by atoms with E-state index in [-0.39, 0.29) is 5.60 Å². The molecule has 2 aromatic rings. The van der Waals surface area contributed by atoms with E-state index < -0.39 is 0 Å². The Labute approximate surface area is 126 Å². The summed E-state index contributed by atoms with van der Waals surface area (Å²) in [6.07, 6.45) is 0.894. The van der Waals surface area contributed by atoms with Gasteiger partial charge in [-0.05, 0) is 0 Å². The molecule has 0 N–H and O–H groups in total. The number of oxime groups is 1. The first-order valence-corrected chi connectivity index (χ1v) is 8.80. The van der Waals surface area contributed by atoms with Crippen LogP contribution in [0.5, 0.6) is 0 Å². The van der Waals surface area contributed by atoms with Crippen LogP contribution in [0.3, 0.4) is 0 Å². The van der Waals surface area contributed by atoms with E-state index in [0.29, 0.717) is 15.0 Å². The van der Waals surface area contributed by atoms with Crippen molar-refractivity contribution in [2.24, 2.45) is 5.16 Å². The maximum absolute atomic E-state index is 5.73. The van der Waals surface area contributed by atoms with Crippen LogP contribution in [0.15, 0.2) is 65.8 Å². The van der Waals surface area contributed by atoms with E-state index in [9.17, 15) is 0 Å². The molecule has 0 aliphatic carbocycles. The number of nitrogens with zero attached hydrogens (tertiary/aromatic N) is 1. The van der Waals surface area contributed by atoms with E-state index in [1.165, 1.54) is 10.0 Å². The molecule has 1 unspecified atom stereocenters. The maximum atomic E-state index is 5.73. The fourth-order valence-corrected chi connectivity index (χ4v) is 4.25. The predicted octanol–water partition coefficient (Wildman–Crippen LogP) is 3.02. The molecule has 20 heavy (non-hydrogen) atoms. The Morgan fingerprint density at radius 1 is 1.05 bits per heavy atom. The minimum absolute atomic E-state index is 0.152. The van der Waals surface area contributed by atoms with Gasteiger partial charge in [-0.25, -0.2) is 0 Å². The van der Waals surface area contributed by atoms with Crippen LogP contribution in [0.2, 0.25) is 5.32 Å². The van der Waals surface area contributed by atoms with Gasteiger partial charge in [-0.3, -0.25) is 0 Å². The third-order valence-electron chi connectivity index (χ3n) is 3.31. The van der Waals surface area contributed by atoms with E-state index in [0.717, 1.165) is 17.5 Å². The second-order valence-electron chi connectivity index (χ2n) is 5.22. The van der Waals surface area contributed by atoms with Crippen LogP contribution in [0.25, 0.3) is 0 Å². The molecule has 0 saturated heterocycles. The van der Waals surface area contributed by atoms with E-state index in [2.05, 4.69) is 54.5 Å². The summed E-state index contributed by atoms with van der Waals surface area (Å²) in [5.74, 6) is 0. The third kappa shape index (κ3) is 3.12. The standard InChI is InChI=1S/C17H17NOSe/c1-17(13-20-15-10-6-3-7-11-15)12-16(18-19-17)14-8-4-2-5-9-14/h2-11H,12-13H2,1H3. The molecule has 0 bridgehead atoms.